The van der Waals surface area contributed by atoms with Crippen LogP contribution in [-0.4, -0.2) is 24.2 Å². The molecule has 0 heterocycles. The molecule has 0 unspecified atom stereocenters. The molecule has 0 rings (SSSR count). The maximum atomic E-state index is 2.33. The zero-order chi connectivity index (χ0) is 11.7. The minimum Gasteiger partial charge on any atom is -2.00 e. The van der Waals surface area contributed by atoms with E-state index in [0.717, 1.165) is 24.2 Å². The summed E-state index contributed by atoms with van der Waals surface area (Å²) in [7, 11) is 0. The summed E-state index contributed by atoms with van der Waals surface area (Å²) >= 11 is 0. The van der Waals surface area contributed by atoms with Crippen molar-refractivity contribution in [3.05, 3.63) is 0 Å². The summed E-state index contributed by atoms with van der Waals surface area (Å²) in [6.07, 6.45) is 0. The van der Waals surface area contributed by atoms with E-state index < -0.39 is 0 Å². The molecule has 0 radical (unpaired) electrons. The van der Waals surface area contributed by atoms with Gasteiger partial charge in [-0.15, -0.1) is 0 Å². The van der Waals surface area contributed by atoms with Crippen molar-refractivity contribution >= 4 is 0 Å². The fraction of sp³-hybridized carbons (Fsp3) is 1.00. The normalized spacial score (nSPS) is 8.21. The number of quaternary nitrogens is 2. The molecule has 19 heavy (non-hydrogen) atoms. The maximum absolute atomic E-state index is 2.33. The Morgan fingerprint density at radius 1 is 0.421 bits per heavy atom. The molecule has 0 fully saturated rings. The van der Waals surface area contributed by atoms with Crippen molar-refractivity contribution in [3.63, 3.8) is 0 Å². The van der Waals surface area contributed by atoms with Crippen LogP contribution in [0.25, 0.3) is 0 Å². The fourth-order valence-corrected chi connectivity index (χ4v) is 1.54. The molecule has 4 N–H and O–H groups in total. The number of rotatable bonds is 4. The predicted molar refractivity (Wildman–Crippen MR) is 67.1 cm³/mol. The van der Waals surface area contributed by atoms with Gasteiger partial charge in [0.2, 0.25) is 0 Å². The third kappa shape index (κ3) is 69.9. The Labute approximate surface area is 133 Å². The van der Waals surface area contributed by atoms with Crippen LogP contribution in [0, 0.1) is 0 Å². The van der Waals surface area contributed by atoms with Crippen LogP contribution in [0.5, 0.6) is 0 Å². The molecule has 0 saturated carbocycles. The fourth-order valence-electron chi connectivity index (χ4n) is 1.54. The predicted octanol–water partition coefficient (Wildman–Crippen LogP) is 0.256. The van der Waals surface area contributed by atoms with E-state index in [0.29, 0.717) is 0 Å². The number of nitrogens with two attached hydrogens (primary N) is 2. The van der Waals surface area contributed by atoms with E-state index in [1.165, 1.54) is 0 Å². The van der Waals surface area contributed by atoms with Gasteiger partial charge in [-0.3, -0.25) is 0 Å². The zero-order valence-electron chi connectivity index (χ0n) is 13.5. The summed E-state index contributed by atoms with van der Waals surface area (Å²) in [6.45, 7) is 17.7. The van der Waals surface area contributed by atoms with E-state index in [9.17, 15) is 0 Å². The molecule has 0 aromatic heterocycles. The van der Waals surface area contributed by atoms with E-state index in [-0.39, 0.29) is 43.0 Å². The van der Waals surface area contributed by atoms with Crippen molar-refractivity contribution in [1.29, 1.82) is 0 Å². The van der Waals surface area contributed by atoms with E-state index >= 15 is 0 Å². The Bertz CT molecular complexity index is 100. The summed E-state index contributed by atoms with van der Waals surface area (Å²) in [5, 5.41) is 4.67. The first-order valence-electron chi connectivity index (χ1n) is 5.95. The number of hydrogen-bond acceptors (Lipinski definition) is 0. The van der Waals surface area contributed by atoms with Gasteiger partial charge in [0.15, 0.2) is 0 Å². The number of hydrogen-bond donors (Lipinski definition) is 2. The van der Waals surface area contributed by atoms with E-state index in [1.807, 2.05) is 0 Å². The van der Waals surface area contributed by atoms with Crippen LogP contribution >= 0.6 is 0 Å². The molecule has 126 valence electrons. The maximum Gasteiger partial charge on any atom is 0.0803 e. The van der Waals surface area contributed by atoms with Crippen molar-refractivity contribution in [2.45, 2.75) is 79.6 Å². The minimum atomic E-state index is 0. The van der Waals surface area contributed by atoms with Crippen molar-refractivity contribution in [2.75, 3.05) is 0 Å². The van der Waals surface area contributed by atoms with Crippen molar-refractivity contribution in [3.8, 4) is 0 Å². The van der Waals surface area contributed by atoms with Crippen LogP contribution in [-0.2, 0) is 43.0 Å². The summed E-state index contributed by atoms with van der Waals surface area (Å²) in [5.74, 6) is 0. The second kappa shape index (κ2) is 26.9. The molecule has 0 bridgehead atoms. The second-order valence-corrected chi connectivity index (χ2v) is 5.36. The molecule has 0 atom stereocenters. The minimum absolute atomic E-state index is 0. The van der Waals surface area contributed by atoms with E-state index in [1.54, 1.807) is 0 Å². The molecule has 0 aromatic carbocycles. The van der Waals surface area contributed by atoms with Gasteiger partial charge in [0.05, 0.1) is 24.2 Å². The summed E-state index contributed by atoms with van der Waals surface area (Å²) in [6, 6.07) is 3.00. The van der Waals surface area contributed by atoms with Crippen LogP contribution in [0.1, 0.15) is 55.4 Å². The molecule has 0 saturated heterocycles. The van der Waals surface area contributed by atoms with Crippen LogP contribution in [0.4, 0.5) is 0 Å². The molecule has 0 aliphatic heterocycles. The third-order valence-corrected chi connectivity index (χ3v) is 1.54. The summed E-state index contributed by atoms with van der Waals surface area (Å²) in [4.78, 5) is 0. The van der Waals surface area contributed by atoms with Gasteiger partial charge in [0, 0.05) is 21.1 Å². The SMILES string of the molecule is CC(C)[NH2+]C(C)C.CC(C)[NH2+]C(C)C.[Mo].[O-2].[O-2].[O-2].[O-2]. The molecular weight excluding hydrogens is 332 g/mol. The molecule has 0 aliphatic rings. The average molecular weight is 364 g/mol. The van der Waals surface area contributed by atoms with Gasteiger partial charge < -0.3 is 32.5 Å². The third-order valence-electron chi connectivity index (χ3n) is 1.54. The Kier molecular flexibility index (Phi) is 60.5. The molecule has 0 aromatic rings. The molecule has 6 nitrogen and oxygen atoms in total. The second-order valence-electron chi connectivity index (χ2n) is 5.36. The first-order valence-corrected chi connectivity index (χ1v) is 5.95. The Morgan fingerprint density at radius 2 is 0.526 bits per heavy atom. The van der Waals surface area contributed by atoms with E-state index in [2.05, 4.69) is 66.0 Å². The van der Waals surface area contributed by atoms with Crippen molar-refractivity contribution in [2.24, 2.45) is 0 Å². The molecule has 0 spiro atoms. The van der Waals surface area contributed by atoms with Crippen LogP contribution in [0.3, 0.4) is 0 Å². The average Bonchev–Trinajstić information content (AvgIpc) is 1.79. The van der Waals surface area contributed by atoms with Gasteiger partial charge in [-0.05, 0) is 55.4 Å². The van der Waals surface area contributed by atoms with Gasteiger partial charge in [-0.1, -0.05) is 0 Å². The van der Waals surface area contributed by atoms with Crippen molar-refractivity contribution in [1.82, 2.24) is 0 Å². The summed E-state index contributed by atoms with van der Waals surface area (Å²) in [5.41, 5.74) is 0. The Morgan fingerprint density at radius 3 is 0.526 bits per heavy atom. The van der Waals surface area contributed by atoms with Crippen LogP contribution in [0.15, 0.2) is 0 Å². The quantitative estimate of drug-likeness (QED) is 0.659. The molecule has 0 aliphatic carbocycles. The molecular formula is C12H32MoN2O4-6. The van der Waals surface area contributed by atoms with Crippen molar-refractivity contribution < 1.29 is 53.6 Å². The largest absolute Gasteiger partial charge is 2.00 e. The van der Waals surface area contributed by atoms with Crippen LogP contribution < -0.4 is 10.6 Å². The van der Waals surface area contributed by atoms with Gasteiger partial charge in [0.1, 0.15) is 0 Å². The van der Waals surface area contributed by atoms with Gasteiger partial charge in [-0.25, -0.2) is 0 Å². The smallest absolute Gasteiger partial charge is 0.0803 e. The Balaban J connectivity index is -0.0000000240. The standard InChI is InChI=1S/2C6H15N.Mo.4O/c2*1-5(2)7-6(3)4;;;;;/h2*5-7H,1-4H3;;;;;/q;;;4*-2/p+2. The first kappa shape index (κ1) is 42.7. The van der Waals surface area contributed by atoms with E-state index in [4.69, 9.17) is 0 Å². The Hall–Kier alpha value is 0.448. The van der Waals surface area contributed by atoms with Crippen LogP contribution in [0.2, 0.25) is 0 Å². The van der Waals surface area contributed by atoms with Gasteiger partial charge >= 0.3 is 0 Å². The first-order chi connectivity index (χ1) is 6.25. The van der Waals surface area contributed by atoms with Gasteiger partial charge in [-0.2, -0.15) is 0 Å². The monoisotopic (exact) mass is 366 g/mol. The topological polar surface area (TPSA) is 147 Å². The molecule has 7 heteroatoms. The molecule has 0 amide bonds. The van der Waals surface area contributed by atoms with Gasteiger partial charge in [0.25, 0.3) is 0 Å². The summed E-state index contributed by atoms with van der Waals surface area (Å²) < 4.78 is 0. The zero-order valence-corrected chi connectivity index (χ0v) is 15.5.